The van der Waals surface area contributed by atoms with Crippen LogP contribution in [0.15, 0.2) is 54.6 Å². The molecule has 1 unspecified atom stereocenters. The molecule has 0 aliphatic heterocycles. The maximum absolute atomic E-state index is 12.9. The van der Waals surface area contributed by atoms with Gasteiger partial charge >= 0.3 is 7.60 Å². The summed E-state index contributed by atoms with van der Waals surface area (Å²) >= 11 is 0. The van der Waals surface area contributed by atoms with E-state index >= 15 is 0 Å². The first-order chi connectivity index (χ1) is 12.6. The highest BCUT2D eigenvalue weighted by Crippen LogP contribution is 2.51. The van der Waals surface area contributed by atoms with E-state index in [4.69, 9.17) is 13.8 Å². The van der Waals surface area contributed by atoms with Gasteiger partial charge in [-0.25, -0.2) is 0 Å². The van der Waals surface area contributed by atoms with Crippen molar-refractivity contribution in [1.29, 1.82) is 0 Å². The second kappa shape index (κ2) is 10.5. The van der Waals surface area contributed by atoms with Crippen molar-refractivity contribution in [3.8, 4) is 5.75 Å². The molecule has 0 saturated carbocycles. The van der Waals surface area contributed by atoms with Gasteiger partial charge in [0.15, 0.2) is 0 Å². The lowest BCUT2D eigenvalue weighted by atomic mass is 10.0. The first-order valence-corrected chi connectivity index (χ1v) is 10.9. The second-order valence-corrected chi connectivity index (χ2v) is 8.40. The maximum atomic E-state index is 12.9. The fourth-order valence-electron chi connectivity index (χ4n) is 2.66. The molecule has 2 aromatic rings. The van der Waals surface area contributed by atoms with Gasteiger partial charge in [-0.15, -0.1) is 0 Å². The van der Waals surface area contributed by atoms with Crippen LogP contribution in [-0.4, -0.2) is 19.4 Å². The fraction of sp³-hybridized carbons (Fsp3) is 0.429. The molecule has 4 nitrogen and oxygen atoms in total. The molecule has 0 spiro atoms. The zero-order chi connectivity index (χ0) is 18.8. The van der Waals surface area contributed by atoms with Crippen molar-refractivity contribution in [2.75, 3.05) is 19.4 Å². The third kappa shape index (κ3) is 6.60. The Kier molecular flexibility index (Phi) is 8.37. The molecule has 0 fully saturated rings. The van der Waals surface area contributed by atoms with Crippen molar-refractivity contribution >= 4 is 7.60 Å². The van der Waals surface area contributed by atoms with Crippen LogP contribution in [0.25, 0.3) is 0 Å². The van der Waals surface area contributed by atoms with Gasteiger partial charge in [0.05, 0.1) is 19.4 Å². The summed E-state index contributed by atoms with van der Waals surface area (Å²) in [6.45, 7) is 7.23. The van der Waals surface area contributed by atoms with Crippen LogP contribution in [0.2, 0.25) is 0 Å². The standard InChI is InChI=1S/C21H29O4P/c1-4-14-25-26(22,24-5-2)17-18(3)20-12-9-13-21(15-20)23-16-19-10-7-6-8-11-19/h6-13,15,18H,4-5,14,16-17H2,1-3H3/t18-,26?/m0/s1. The van der Waals surface area contributed by atoms with E-state index < -0.39 is 7.60 Å². The monoisotopic (exact) mass is 376 g/mol. The van der Waals surface area contributed by atoms with Gasteiger partial charge in [0.25, 0.3) is 0 Å². The van der Waals surface area contributed by atoms with E-state index in [0.717, 1.165) is 23.3 Å². The molecule has 2 atom stereocenters. The molecule has 2 rings (SSSR count). The highest BCUT2D eigenvalue weighted by molar-refractivity contribution is 7.53. The SMILES string of the molecule is CCCOP(=O)(C[C@H](C)c1cccc(OCc2ccccc2)c1)OCC. The summed E-state index contributed by atoms with van der Waals surface area (Å²) in [6.07, 6.45) is 1.18. The topological polar surface area (TPSA) is 44.8 Å². The normalized spacial score (nSPS) is 14.6. The Balaban J connectivity index is 2.01. The third-order valence-corrected chi connectivity index (χ3v) is 6.21. The van der Waals surface area contributed by atoms with E-state index in [2.05, 4.69) is 0 Å². The fourth-order valence-corrected chi connectivity index (χ4v) is 4.68. The molecule has 0 bridgehead atoms. The smallest absolute Gasteiger partial charge is 0.331 e. The van der Waals surface area contributed by atoms with Crippen molar-refractivity contribution in [2.45, 2.75) is 39.7 Å². The molecule has 26 heavy (non-hydrogen) atoms. The second-order valence-electron chi connectivity index (χ2n) is 6.29. The summed E-state index contributed by atoms with van der Waals surface area (Å²) in [5.74, 6) is 0.850. The summed E-state index contributed by atoms with van der Waals surface area (Å²) in [6, 6.07) is 18.0. The zero-order valence-electron chi connectivity index (χ0n) is 15.9. The Labute approximate surface area is 157 Å². The predicted molar refractivity (Wildman–Crippen MR) is 106 cm³/mol. The lowest BCUT2D eigenvalue weighted by molar-refractivity contribution is 0.210. The van der Waals surface area contributed by atoms with Crippen molar-refractivity contribution < 1.29 is 18.3 Å². The van der Waals surface area contributed by atoms with E-state index in [1.165, 1.54) is 0 Å². The molecule has 2 aromatic carbocycles. The predicted octanol–water partition coefficient (Wildman–Crippen LogP) is 6.03. The van der Waals surface area contributed by atoms with Gasteiger partial charge in [-0.2, -0.15) is 0 Å². The summed E-state index contributed by atoms with van der Waals surface area (Å²) in [5, 5.41) is 0. The van der Waals surface area contributed by atoms with E-state index in [0.29, 0.717) is 26.0 Å². The molecule has 0 aliphatic rings. The molecule has 0 N–H and O–H groups in total. The average molecular weight is 376 g/mol. The van der Waals surface area contributed by atoms with Crippen molar-refractivity contribution in [2.24, 2.45) is 0 Å². The molecule has 142 valence electrons. The minimum absolute atomic E-state index is 0.0458. The molecule has 0 amide bonds. The van der Waals surface area contributed by atoms with Gasteiger partial charge in [-0.3, -0.25) is 4.57 Å². The van der Waals surface area contributed by atoms with E-state index in [-0.39, 0.29) is 5.92 Å². The van der Waals surface area contributed by atoms with Gasteiger partial charge in [-0.05, 0) is 42.5 Å². The largest absolute Gasteiger partial charge is 0.489 e. The molecule has 0 aromatic heterocycles. The number of hydrogen-bond donors (Lipinski definition) is 0. The highest BCUT2D eigenvalue weighted by Gasteiger charge is 2.27. The van der Waals surface area contributed by atoms with E-state index in [1.807, 2.05) is 75.4 Å². The molecule has 0 aliphatic carbocycles. The lowest BCUT2D eigenvalue weighted by Gasteiger charge is -2.21. The van der Waals surface area contributed by atoms with E-state index in [9.17, 15) is 4.57 Å². The molecule has 5 heteroatoms. The maximum Gasteiger partial charge on any atom is 0.331 e. The van der Waals surface area contributed by atoms with Crippen LogP contribution in [0.5, 0.6) is 5.75 Å². The van der Waals surface area contributed by atoms with Gasteiger partial charge in [0, 0.05) is 0 Å². The first kappa shape index (κ1) is 20.7. The van der Waals surface area contributed by atoms with Crippen LogP contribution in [0.1, 0.15) is 44.2 Å². The number of benzene rings is 2. The Bertz CT molecular complexity index is 702. The van der Waals surface area contributed by atoms with Gasteiger partial charge in [0.1, 0.15) is 12.4 Å². The van der Waals surface area contributed by atoms with Crippen LogP contribution in [0, 0.1) is 0 Å². The molecule has 0 saturated heterocycles. The van der Waals surface area contributed by atoms with Gasteiger partial charge in [-0.1, -0.05) is 56.3 Å². The number of ether oxygens (including phenoxy) is 1. The summed E-state index contributed by atoms with van der Waals surface area (Å²) in [4.78, 5) is 0. The van der Waals surface area contributed by atoms with Crippen molar-refractivity contribution in [3.05, 3.63) is 65.7 Å². The van der Waals surface area contributed by atoms with Gasteiger partial charge < -0.3 is 13.8 Å². The third-order valence-electron chi connectivity index (χ3n) is 3.99. The average Bonchev–Trinajstić information content (AvgIpc) is 2.66. The van der Waals surface area contributed by atoms with Crippen LogP contribution in [-0.2, 0) is 20.2 Å². The zero-order valence-corrected chi connectivity index (χ0v) is 16.8. The Morgan fingerprint density at radius 1 is 1.00 bits per heavy atom. The first-order valence-electron chi connectivity index (χ1n) is 9.21. The van der Waals surface area contributed by atoms with Crippen LogP contribution < -0.4 is 4.74 Å². The Hall–Kier alpha value is -1.61. The van der Waals surface area contributed by atoms with Crippen LogP contribution in [0.4, 0.5) is 0 Å². The Morgan fingerprint density at radius 2 is 1.77 bits per heavy atom. The lowest BCUT2D eigenvalue weighted by Crippen LogP contribution is -2.07. The Morgan fingerprint density at radius 3 is 2.46 bits per heavy atom. The molecule has 0 heterocycles. The number of rotatable bonds is 11. The molecular weight excluding hydrogens is 347 g/mol. The summed E-state index contributed by atoms with van der Waals surface area (Å²) in [7, 11) is -3.08. The van der Waals surface area contributed by atoms with Crippen molar-refractivity contribution in [1.82, 2.24) is 0 Å². The highest BCUT2D eigenvalue weighted by atomic mass is 31.2. The molecular formula is C21H29O4P. The minimum Gasteiger partial charge on any atom is -0.489 e. The van der Waals surface area contributed by atoms with Gasteiger partial charge in [0.2, 0.25) is 0 Å². The summed E-state index contributed by atoms with van der Waals surface area (Å²) < 4.78 is 29.8. The quantitative estimate of drug-likeness (QED) is 0.450. The number of hydrogen-bond acceptors (Lipinski definition) is 4. The minimum atomic E-state index is -3.08. The summed E-state index contributed by atoms with van der Waals surface area (Å²) in [5.41, 5.74) is 2.19. The molecule has 0 radical (unpaired) electrons. The van der Waals surface area contributed by atoms with Crippen LogP contribution in [0.3, 0.4) is 0 Å². The van der Waals surface area contributed by atoms with Crippen LogP contribution >= 0.6 is 7.60 Å². The van der Waals surface area contributed by atoms with Crippen molar-refractivity contribution in [3.63, 3.8) is 0 Å². The van der Waals surface area contributed by atoms with E-state index in [1.54, 1.807) is 0 Å².